The Kier molecular flexibility index (Phi) is 13.2. The number of carboxylic acids is 1. The van der Waals surface area contributed by atoms with Crippen molar-refractivity contribution in [3.8, 4) is 0 Å². The van der Waals surface area contributed by atoms with E-state index in [1.165, 1.54) is 6.92 Å². The molecule has 0 aliphatic carbocycles. The summed E-state index contributed by atoms with van der Waals surface area (Å²) in [4.78, 5) is 47.9. The number of unbranched alkanes of at least 4 members (excludes halogenated alkanes) is 1. The predicted octanol–water partition coefficient (Wildman–Crippen LogP) is -3.72. The lowest BCUT2D eigenvalue weighted by Gasteiger charge is -2.25. The molecule has 0 fully saturated rings. The summed E-state index contributed by atoms with van der Waals surface area (Å²) in [6.07, 6.45) is -0.0591. The molecule has 0 heterocycles. The average Bonchev–Trinajstić information content (AvgIpc) is 2.67. The van der Waals surface area contributed by atoms with Crippen LogP contribution in [0.3, 0.4) is 0 Å². The van der Waals surface area contributed by atoms with Crippen LogP contribution in [0.25, 0.3) is 0 Å². The Morgan fingerprint density at radius 1 is 1.00 bits per heavy atom. The fourth-order valence-corrected chi connectivity index (χ4v) is 2.49. The molecule has 0 aliphatic rings. The van der Waals surface area contributed by atoms with E-state index in [0.29, 0.717) is 19.4 Å². The van der Waals surface area contributed by atoms with Crippen molar-refractivity contribution >= 4 is 36.3 Å². The summed E-state index contributed by atoms with van der Waals surface area (Å²) in [5, 5.41) is 34.4. The maximum absolute atomic E-state index is 12.6. The predicted molar refractivity (Wildman–Crippen MR) is 107 cm³/mol. The van der Waals surface area contributed by atoms with Gasteiger partial charge in [-0.2, -0.15) is 12.6 Å². The van der Waals surface area contributed by atoms with Gasteiger partial charge in [-0.15, -0.1) is 0 Å². The zero-order valence-corrected chi connectivity index (χ0v) is 17.1. The topological polar surface area (TPSA) is 217 Å². The van der Waals surface area contributed by atoms with Crippen molar-refractivity contribution in [2.75, 3.05) is 18.9 Å². The largest absolute Gasteiger partial charge is 0.480 e. The van der Waals surface area contributed by atoms with Gasteiger partial charge in [0, 0.05) is 5.75 Å². The number of rotatable bonds is 14. The number of aliphatic hydroxyl groups is 2. The molecule has 10 N–H and O–H groups in total. The van der Waals surface area contributed by atoms with Crippen LogP contribution in [0.15, 0.2) is 0 Å². The van der Waals surface area contributed by atoms with Crippen molar-refractivity contribution in [3.05, 3.63) is 0 Å². The minimum atomic E-state index is -1.57. The van der Waals surface area contributed by atoms with Gasteiger partial charge in [0.05, 0.1) is 12.7 Å². The highest BCUT2D eigenvalue weighted by Gasteiger charge is 2.31. The molecular weight excluding hydrogens is 406 g/mol. The van der Waals surface area contributed by atoms with Gasteiger partial charge in [0.1, 0.15) is 18.1 Å². The van der Waals surface area contributed by atoms with Gasteiger partial charge in [-0.25, -0.2) is 4.79 Å². The number of nitrogens with one attached hydrogen (secondary N) is 3. The van der Waals surface area contributed by atoms with E-state index in [1.807, 2.05) is 0 Å². The molecule has 0 aromatic heterocycles. The lowest BCUT2D eigenvalue weighted by Crippen LogP contribution is -2.59. The monoisotopic (exact) mass is 437 g/mol. The van der Waals surface area contributed by atoms with Crippen LogP contribution in [0.4, 0.5) is 0 Å². The molecule has 0 aromatic rings. The first kappa shape index (κ1) is 27.1. The Morgan fingerprint density at radius 3 is 2.00 bits per heavy atom. The van der Waals surface area contributed by atoms with Crippen molar-refractivity contribution in [3.63, 3.8) is 0 Å². The summed E-state index contributed by atoms with van der Waals surface area (Å²) in [6, 6.07) is -5.05. The maximum atomic E-state index is 12.6. The second kappa shape index (κ2) is 14.1. The number of carbonyl (C=O) groups is 4. The smallest absolute Gasteiger partial charge is 0.328 e. The van der Waals surface area contributed by atoms with Crippen LogP contribution in [-0.4, -0.2) is 88.2 Å². The van der Waals surface area contributed by atoms with Gasteiger partial charge < -0.3 is 42.7 Å². The summed E-state index contributed by atoms with van der Waals surface area (Å²) in [5.74, 6) is -3.92. The second-order valence-electron chi connectivity index (χ2n) is 6.44. The second-order valence-corrected chi connectivity index (χ2v) is 6.81. The molecule has 0 saturated carbocycles. The number of aliphatic carboxylic acids is 1. The molecule has 3 amide bonds. The molecule has 5 unspecified atom stereocenters. The van der Waals surface area contributed by atoms with E-state index < -0.39 is 60.6 Å². The molecular formula is C16H31N5O7S. The van der Waals surface area contributed by atoms with Crippen LogP contribution in [0.1, 0.15) is 26.2 Å². The third-order valence-corrected chi connectivity index (χ3v) is 4.34. The number of carboxylic acid groups (broad SMARTS) is 1. The first-order valence-corrected chi connectivity index (χ1v) is 9.71. The van der Waals surface area contributed by atoms with E-state index in [-0.39, 0.29) is 12.2 Å². The van der Waals surface area contributed by atoms with E-state index in [1.54, 1.807) is 0 Å². The minimum Gasteiger partial charge on any atom is -0.480 e. The van der Waals surface area contributed by atoms with Crippen molar-refractivity contribution in [1.29, 1.82) is 0 Å². The highest BCUT2D eigenvalue weighted by molar-refractivity contribution is 7.80. The summed E-state index contributed by atoms with van der Waals surface area (Å²) in [7, 11) is 0. The Balaban J connectivity index is 5.16. The van der Waals surface area contributed by atoms with E-state index in [0.717, 1.165) is 0 Å². The van der Waals surface area contributed by atoms with E-state index in [2.05, 4.69) is 28.6 Å². The first-order valence-electron chi connectivity index (χ1n) is 9.08. The standard InChI is InChI=1S/C16H31N5O7S/c1-8(23)12(16(27)28)21-15(26)11(7-29)20-14(25)10(4-2-3-5-17)19-13(24)9(18)6-22/h8-12,22-23,29H,2-7,17-18H2,1H3,(H,19,24)(H,20,25)(H,21,26)(H,27,28). The molecule has 29 heavy (non-hydrogen) atoms. The van der Waals surface area contributed by atoms with Gasteiger partial charge >= 0.3 is 5.97 Å². The molecule has 0 rings (SSSR count). The van der Waals surface area contributed by atoms with Crippen molar-refractivity contribution in [2.24, 2.45) is 11.5 Å². The molecule has 0 bridgehead atoms. The molecule has 0 spiro atoms. The van der Waals surface area contributed by atoms with Crippen LogP contribution < -0.4 is 27.4 Å². The SMILES string of the molecule is CC(O)C(NC(=O)C(CS)NC(=O)C(CCCCN)NC(=O)C(N)CO)C(=O)O. The van der Waals surface area contributed by atoms with Gasteiger partial charge in [-0.3, -0.25) is 14.4 Å². The summed E-state index contributed by atoms with van der Waals surface area (Å²) < 4.78 is 0. The number of hydrogen-bond acceptors (Lipinski definition) is 9. The molecule has 13 heteroatoms. The summed E-state index contributed by atoms with van der Waals surface area (Å²) in [5.41, 5.74) is 10.9. The molecule has 168 valence electrons. The Bertz CT molecular complexity index is 564. The third-order valence-electron chi connectivity index (χ3n) is 3.98. The van der Waals surface area contributed by atoms with Crippen LogP contribution in [0, 0.1) is 0 Å². The van der Waals surface area contributed by atoms with Gasteiger partial charge in [0.25, 0.3) is 0 Å². The number of amides is 3. The lowest BCUT2D eigenvalue weighted by molar-refractivity contribution is -0.145. The van der Waals surface area contributed by atoms with Gasteiger partial charge in [0.15, 0.2) is 6.04 Å². The Morgan fingerprint density at radius 2 is 1.55 bits per heavy atom. The number of hydrogen-bond donors (Lipinski definition) is 9. The zero-order chi connectivity index (χ0) is 22.6. The van der Waals surface area contributed by atoms with Gasteiger partial charge in [-0.05, 0) is 32.7 Å². The van der Waals surface area contributed by atoms with E-state index >= 15 is 0 Å². The number of thiol groups is 1. The van der Waals surface area contributed by atoms with Gasteiger partial charge in [0.2, 0.25) is 17.7 Å². The fourth-order valence-electron chi connectivity index (χ4n) is 2.23. The lowest BCUT2D eigenvalue weighted by atomic mass is 10.1. The molecule has 0 aliphatic heterocycles. The summed E-state index contributed by atoms with van der Waals surface area (Å²) in [6.45, 7) is 0.970. The number of carbonyl (C=O) groups excluding carboxylic acids is 3. The highest BCUT2D eigenvalue weighted by atomic mass is 32.1. The summed E-state index contributed by atoms with van der Waals surface area (Å²) >= 11 is 3.98. The van der Waals surface area contributed by atoms with Crippen molar-refractivity contribution in [1.82, 2.24) is 16.0 Å². The Labute approximate surface area is 174 Å². The highest BCUT2D eigenvalue weighted by Crippen LogP contribution is 2.03. The Hall–Kier alpha value is -1.93. The first-order chi connectivity index (χ1) is 13.6. The molecule has 12 nitrogen and oxygen atoms in total. The van der Waals surface area contributed by atoms with Crippen LogP contribution in [0.5, 0.6) is 0 Å². The molecule has 0 aromatic carbocycles. The normalized spacial score (nSPS) is 16.1. The molecule has 5 atom stereocenters. The van der Waals surface area contributed by atoms with Crippen LogP contribution in [0.2, 0.25) is 0 Å². The maximum Gasteiger partial charge on any atom is 0.328 e. The van der Waals surface area contributed by atoms with Crippen molar-refractivity contribution in [2.45, 2.75) is 56.5 Å². The molecule has 0 radical (unpaired) electrons. The van der Waals surface area contributed by atoms with Gasteiger partial charge in [-0.1, -0.05) is 0 Å². The zero-order valence-electron chi connectivity index (χ0n) is 16.2. The minimum absolute atomic E-state index is 0.163. The van der Waals surface area contributed by atoms with Crippen LogP contribution in [-0.2, 0) is 19.2 Å². The van der Waals surface area contributed by atoms with E-state index in [9.17, 15) is 24.3 Å². The third kappa shape index (κ3) is 9.89. The quantitative estimate of drug-likeness (QED) is 0.0962. The van der Waals surface area contributed by atoms with Crippen molar-refractivity contribution < 1.29 is 34.5 Å². The fraction of sp³-hybridized carbons (Fsp3) is 0.750. The van der Waals surface area contributed by atoms with Crippen LogP contribution >= 0.6 is 12.6 Å². The number of nitrogens with two attached hydrogens (primary N) is 2. The van der Waals surface area contributed by atoms with E-state index in [4.69, 9.17) is 21.7 Å². The molecule has 0 saturated heterocycles. The number of aliphatic hydroxyl groups excluding tert-OH is 2. The average molecular weight is 438 g/mol.